The van der Waals surface area contributed by atoms with Gasteiger partial charge in [-0.2, -0.15) is 0 Å². The summed E-state index contributed by atoms with van der Waals surface area (Å²) in [5.74, 6) is 0.934. The first-order valence-corrected chi connectivity index (χ1v) is 13.0. The minimum Gasteiger partial charge on any atom is -0.385 e. The molecule has 2 N–H and O–H groups in total. The highest BCUT2D eigenvalue weighted by atomic mass is 16.9. The molecule has 1 aromatic carbocycles. The van der Waals surface area contributed by atoms with Gasteiger partial charge in [0.1, 0.15) is 5.60 Å². The Morgan fingerprint density at radius 3 is 2.41 bits per heavy atom. The van der Waals surface area contributed by atoms with Crippen LogP contribution in [0.1, 0.15) is 78.2 Å². The second-order valence-corrected chi connectivity index (χ2v) is 12.3. The van der Waals surface area contributed by atoms with E-state index >= 15 is 0 Å². The maximum Gasteiger partial charge on any atom is 0.278 e. The average molecular weight is 441 g/mol. The molecule has 0 bridgehead atoms. The summed E-state index contributed by atoms with van der Waals surface area (Å²) in [7, 11) is 0. The first kappa shape index (κ1) is 21.6. The summed E-state index contributed by atoms with van der Waals surface area (Å²) in [5, 5.41) is 23.7. The van der Waals surface area contributed by atoms with Crippen LogP contribution in [0.25, 0.3) is 0 Å². The number of hydrogen-bond donors (Lipinski definition) is 2. The molecule has 1 saturated heterocycles. The smallest absolute Gasteiger partial charge is 0.278 e. The Bertz CT molecular complexity index is 885. The standard InChI is InChI=1S/C28H40O4/c1-17-15-16-28(30,19-10-6-5-7-11-19)23-21-14-13-18-9-8-12-20(18)22(21)24-26(3,25(17,23)2)32-27(4,29)31-24/h5-7,10-11,17-18,20-24,29-30H,8-9,12-16H2,1-4H3. The number of benzene rings is 1. The fourth-order valence-electron chi connectivity index (χ4n) is 9.71. The van der Waals surface area contributed by atoms with Crippen molar-refractivity contribution >= 4 is 0 Å². The first-order valence-electron chi connectivity index (χ1n) is 13.0. The highest BCUT2D eigenvalue weighted by Crippen LogP contribution is 2.72. The minimum atomic E-state index is -1.57. The van der Waals surface area contributed by atoms with Crippen LogP contribution in [-0.4, -0.2) is 27.9 Å². The van der Waals surface area contributed by atoms with Gasteiger partial charge in [0.25, 0.3) is 5.97 Å². The van der Waals surface area contributed by atoms with E-state index in [2.05, 4.69) is 45.0 Å². The Morgan fingerprint density at radius 2 is 1.66 bits per heavy atom. The second kappa shape index (κ2) is 6.81. The zero-order chi connectivity index (χ0) is 22.5. The molecule has 0 spiro atoms. The normalized spacial score (nSPS) is 56.8. The highest BCUT2D eigenvalue weighted by molar-refractivity contribution is 5.31. The zero-order valence-electron chi connectivity index (χ0n) is 20.1. The van der Waals surface area contributed by atoms with Crippen molar-refractivity contribution in [1.29, 1.82) is 0 Å². The van der Waals surface area contributed by atoms with Crippen LogP contribution in [-0.2, 0) is 15.1 Å². The van der Waals surface area contributed by atoms with Crippen molar-refractivity contribution in [2.24, 2.45) is 40.9 Å². The molecular formula is C28H40O4. The fraction of sp³-hybridized carbons (Fsp3) is 0.786. The third kappa shape index (κ3) is 2.59. The largest absolute Gasteiger partial charge is 0.385 e. The summed E-state index contributed by atoms with van der Waals surface area (Å²) in [6.45, 7) is 8.52. The van der Waals surface area contributed by atoms with Crippen LogP contribution in [0.2, 0.25) is 0 Å². The maximum absolute atomic E-state index is 12.6. The Kier molecular flexibility index (Phi) is 4.59. The van der Waals surface area contributed by atoms with Gasteiger partial charge in [-0.3, -0.25) is 0 Å². The molecule has 1 aromatic rings. The highest BCUT2D eigenvalue weighted by Gasteiger charge is 2.76. The van der Waals surface area contributed by atoms with Gasteiger partial charge < -0.3 is 19.7 Å². The lowest BCUT2D eigenvalue weighted by molar-refractivity contribution is -0.331. The third-order valence-corrected chi connectivity index (χ3v) is 11.1. The van der Waals surface area contributed by atoms with Crippen LogP contribution in [0.3, 0.4) is 0 Å². The molecule has 0 amide bonds. The molecule has 4 nitrogen and oxygen atoms in total. The van der Waals surface area contributed by atoms with Gasteiger partial charge in [0.2, 0.25) is 0 Å². The first-order chi connectivity index (χ1) is 15.1. The van der Waals surface area contributed by atoms with Crippen molar-refractivity contribution in [1.82, 2.24) is 0 Å². The van der Waals surface area contributed by atoms with E-state index < -0.39 is 17.2 Å². The summed E-state index contributed by atoms with van der Waals surface area (Å²) in [6, 6.07) is 10.4. The number of fused-ring (bicyclic) bond motifs is 8. The van der Waals surface area contributed by atoms with Gasteiger partial charge >= 0.3 is 0 Å². The molecule has 176 valence electrons. The van der Waals surface area contributed by atoms with Gasteiger partial charge in [-0.1, -0.05) is 57.0 Å². The lowest BCUT2D eigenvalue weighted by Crippen LogP contribution is -2.73. The van der Waals surface area contributed by atoms with E-state index in [9.17, 15) is 10.2 Å². The van der Waals surface area contributed by atoms with Crippen LogP contribution in [0.5, 0.6) is 0 Å². The molecule has 6 rings (SSSR count). The molecule has 5 fully saturated rings. The summed E-state index contributed by atoms with van der Waals surface area (Å²) in [6.07, 6.45) is 7.85. The molecule has 0 aromatic heterocycles. The van der Waals surface area contributed by atoms with Gasteiger partial charge in [-0.15, -0.1) is 0 Å². The average Bonchev–Trinajstić information content (AvgIpc) is 3.33. The molecule has 11 unspecified atom stereocenters. The maximum atomic E-state index is 12.6. The van der Waals surface area contributed by atoms with Crippen molar-refractivity contribution in [3.05, 3.63) is 35.9 Å². The third-order valence-electron chi connectivity index (χ3n) is 11.1. The van der Waals surface area contributed by atoms with Crippen molar-refractivity contribution < 1.29 is 19.7 Å². The molecule has 1 heterocycles. The number of rotatable bonds is 1. The Morgan fingerprint density at radius 1 is 0.906 bits per heavy atom. The zero-order valence-corrected chi connectivity index (χ0v) is 20.1. The van der Waals surface area contributed by atoms with Crippen LogP contribution in [0.15, 0.2) is 30.3 Å². The fourth-order valence-corrected chi connectivity index (χ4v) is 9.71. The quantitative estimate of drug-likeness (QED) is 0.628. The summed E-state index contributed by atoms with van der Waals surface area (Å²) >= 11 is 0. The SMILES string of the molecule is CC1CCC(O)(c2ccccc2)C2C3CCC4CCCC4C3C3OC(C)(O)OC3(C)C12C. The topological polar surface area (TPSA) is 58.9 Å². The Labute approximate surface area is 192 Å². The second-order valence-electron chi connectivity index (χ2n) is 12.3. The van der Waals surface area contributed by atoms with Crippen molar-refractivity contribution in [2.45, 2.75) is 95.9 Å². The van der Waals surface area contributed by atoms with E-state index in [-0.39, 0.29) is 17.4 Å². The van der Waals surface area contributed by atoms with E-state index in [1.54, 1.807) is 6.92 Å². The molecule has 0 radical (unpaired) electrons. The van der Waals surface area contributed by atoms with Crippen molar-refractivity contribution in [3.63, 3.8) is 0 Å². The van der Waals surface area contributed by atoms with E-state index in [4.69, 9.17) is 9.47 Å². The summed E-state index contributed by atoms with van der Waals surface area (Å²) < 4.78 is 13.0. The lowest BCUT2D eigenvalue weighted by atomic mass is 9.38. The minimum absolute atomic E-state index is 0.0754. The van der Waals surface area contributed by atoms with E-state index in [0.717, 1.165) is 30.7 Å². The molecule has 4 saturated carbocycles. The van der Waals surface area contributed by atoms with Crippen molar-refractivity contribution in [3.8, 4) is 0 Å². The Balaban J connectivity index is 1.57. The van der Waals surface area contributed by atoms with E-state index in [1.165, 1.54) is 25.7 Å². The number of hydrogen-bond acceptors (Lipinski definition) is 4. The summed E-state index contributed by atoms with van der Waals surface area (Å²) in [5.41, 5.74) is -0.797. The van der Waals surface area contributed by atoms with Gasteiger partial charge in [0.05, 0.1) is 11.7 Å². The summed E-state index contributed by atoms with van der Waals surface area (Å²) in [4.78, 5) is 0. The molecule has 4 heteroatoms. The molecule has 1 aliphatic heterocycles. The monoisotopic (exact) mass is 440 g/mol. The number of aliphatic hydroxyl groups is 2. The predicted molar refractivity (Wildman–Crippen MR) is 122 cm³/mol. The van der Waals surface area contributed by atoms with Gasteiger partial charge in [0, 0.05) is 18.3 Å². The Hall–Kier alpha value is -0.940. The molecule has 4 aliphatic carbocycles. The van der Waals surface area contributed by atoms with Crippen LogP contribution in [0, 0.1) is 40.9 Å². The molecule has 5 aliphatic rings. The lowest BCUT2D eigenvalue weighted by Gasteiger charge is -2.69. The molecular weight excluding hydrogens is 400 g/mol. The molecule has 11 atom stereocenters. The number of ether oxygens (including phenoxy) is 2. The van der Waals surface area contributed by atoms with Crippen LogP contribution in [0.4, 0.5) is 0 Å². The van der Waals surface area contributed by atoms with Crippen LogP contribution >= 0.6 is 0 Å². The van der Waals surface area contributed by atoms with E-state index in [0.29, 0.717) is 23.7 Å². The van der Waals surface area contributed by atoms with Gasteiger partial charge in [0.15, 0.2) is 0 Å². The van der Waals surface area contributed by atoms with Crippen molar-refractivity contribution in [2.75, 3.05) is 0 Å². The van der Waals surface area contributed by atoms with E-state index in [1.807, 2.05) is 6.07 Å². The van der Waals surface area contributed by atoms with Gasteiger partial charge in [-0.25, -0.2) is 0 Å². The molecule has 32 heavy (non-hydrogen) atoms. The van der Waals surface area contributed by atoms with Gasteiger partial charge in [-0.05, 0) is 74.2 Å². The predicted octanol–water partition coefficient (Wildman–Crippen LogP) is 5.22. The van der Waals surface area contributed by atoms with Crippen LogP contribution < -0.4 is 0 Å².